The monoisotopic (exact) mass is 277 g/mol. The van der Waals surface area contributed by atoms with Crippen LogP contribution in [0.2, 0.25) is 0 Å². The number of ether oxygens (including phenoxy) is 1. The number of thiocarbonyl (C=S) groups is 1. The summed E-state index contributed by atoms with van der Waals surface area (Å²) >= 11 is 4.85. The minimum atomic E-state index is -0.380. The van der Waals surface area contributed by atoms with Crippen molar-refractivity contribution in [3.63, 3.8) is 0 Å². The van der Waals surface area contributed by atoms with Crippen molar-refractivity contribution in [1.82, 2.24) is 4.98 Å². The van der Waals surface area contributed by atoms with Gasteiger partial charge in [0.25, 0.3) is 0 Å². The summed E-state index contributed by atoms with van der Waals surface area (Å²) in [6.45, 7) is 0. The van der Waals surface area contributed by atoms with Gasteiger partial charge in [-0.3, -0.25) is 4.98 Å². The molecule has 4 nitrogen and oxygen atoms in total. The van der Waals surface area contributed by atoms with Crippen molar-refractivity contribution in [3.05, 3.63) is 48.0 Å². The molecule has 0 saturated heterocycles. The topological polar surface area (TPSA) is 60.2 Å². The molecule has 0 aliphatic heterocycles. The first-order valence-corrected chi connectivity index (χ1v) is 5.87. The zero-order chi connectivity index (χ0) is 13.8. The van der Waals surface area contributed by atoms with Gasteiger partial charge >= 0.3 is 0 Å². The Morgan fingerprint density at radius 2 is 2.16 bits per heavy atom. The maximum Gasteiger partial charge on any atom is 0.146 e. The van der Waals surface area contributed by atoms with Crippen molar-refractivity contribution in [3.8, 4) is 5.75 Å². The van der Waals surface area contributed by atoms with Crippen molar-refractivity contribution in [2.24, 2.45) is 5.73 Å². The van der Waals surface area contributed by atoms with Crippen LogP contribution in [0.1, 0.15) is 5.69 Å². The Morgan fingerprint density at radius 1 is 1.37 bits per heavy atom. The molecule has 0 aliphatic rings. The molecule has 19 heavy (non-hydrogen) atoms. The molecule has 0 saturated carbocycles. The van der Waals surface area contributed by atoms with Crippen molar-refractivity contribution >= 4 is 28.6 Å². The number of nitrogens with zero attached hydrogens (tertiary/aromatic N) is 1. The highest BCUT2D eigenvalue weighted by molar-refractivity contribution is 7.80. The summed E-state index contributed by atoms with van der Waals surface area (Å²) in [6.07, 6.45) is 1.55. The number of nitrogens with two attached hydrogens (primary N) is 1. The predicted octanol–water partition coefficient (Wildman–Crippen LogP) is 2.61. The molecule has 0 atom stereocenters. The lowest BCUT2D eigenvalue weighted by molar-refractivity contribution is 0.414. The molecule has 0 spiro atoms. The minimum Gasteiger partial charge on any atom is -0.497 e. The molecule has 1 aromatic carbocycles. The molecule has 0 unspecified atom stereocenters. The van der Waals surface area contributed by atoms with Gasteiger partial charge in [-0.15, -0.1) is 0 Å². The van der Waals surface area contributed by atoms with Crippen LogP contribution >= 0.6 is 12.2 Å². The predicted molar refractivity (Wildman–Crippen MR) is 76.4 cm³/mol. The van der Waals surface area contributed by atoms with Crippen LogP contribution in [0.15, 0.2) is 36.5 Å². The van der Waals surface area contributed by atoms with E-state index in [9.17, 15) is 4.39 Å². The average molecular weight is 277 g/mol. The zero-order valence-electron chi connectivity index (χ0n) is 10.2. The van der Waals surface area contributed by atoms with E-state index < -0.39 is 0 Å². The Kier molecular flexibility index (Phi) is 3.91. The lowest BCUT2D eigenvalue weighted by atomic mass is 10.2. The van der Waals surface area contributed by atoms with Crippen LogP contribution in [-0.4, -0.2) is 17.1 Å². The van der Waals surface area contributed by atoms with Crippen LogP contribution in [0.3, 0.4) is 0 Å². The minimum absolute atomic E-state index is 0.190. The van der Waals surface area contributed by atoms with E-state index in [-0.39, 0.29) is 10.8 Å². The van der Waals surface area contributed by atoms with Gasteiger partial charge in [0.1, 0.15) is 16.6 Å². The lowest BCUT2D eigenvalue weighted by Gasteiger charge is -2.10. The highest BCUT2D eigenvalue weighted by Crippen LogP contribution is 2.24. The molecule has 98 valence electrons. The number of pyridine rings is 1. The highest BCUT2D eigenvalue weighted by Gasteiger charge is 2.06. The summed E-state index contributed by atoms with van der Waals surface area (Å²) in [7, 11) is 1.52. The number of hydrogen-bond donors (Lipinski definition) is 2. The molecule has 3 N–H and O–H groups in total. The van der Waals surface area contributed by atoms with Crippen LogP contribution in [-0.2, 0) is 0 Å². The third-order valence-electron chi connectivity index (χ3n) is 2.46. The van der Waals surface area contributed by atoms with Crippen molar-refractivity contribution in [2.75, 3.05) is 12.4 Å². The van der Waals surface area contributed by atoms with Gasteiger partial charge in [0.2, 0.25) is 0 Å². The first-order valence-electron chi connectivity index (χ1n) is 5.46. The van der Waals surface area contributed by atoms with Gasteiger partial charge in [0, 0.05) is 18.0 Å². The van der Waals surface area contributed by atoms with Crippen LogP contribution in [0.4, 0.5) is 15.8 Å². The molecule has 1 aromatic heterocycles. The van der Waals surface area contributed by atoms with E-state index in [1.807, 2.05) is 0 Å². The van der Waals surface area contributed by atoms with Crippen LogP contribution < -0.4 is 15.8 Å². The standard InChI is InChI=1S/C13H12FN3OS/c1-18-9-2-3-10(14)11(7-9)17-8-4-5-16-12(6-8)13(15)19/h2-7H,1H3,(H2,15,19)(H,16,17). The van der Waals surface area contributed by atoms with Crippen LogP contribution in [0.5, 0.6) is 5.75 Å². The van der Waals surface area contributed by atoms with E-state index in [1.54, 1.807) is 30.5 Å². The van der Waals surface area contributed by atoms with Gasteiger partial charge in [-0.2, -0.15) is 0 Å². The number of aromatic nitrogens is 1. The summed E-state index contributed by atoms with van der Waals surface area (Å²) in [5.74, 6) is 0.182. The average Bonchev–Trinajstić information content (AvgIpc) is 2.41. The largest absolute Gasteiger partial charge is 0.497 e. The fraction of sp³-hybridized carbons (Fsp3) is 0.0769. The van der Waals surface area contributed by atoms with Gasteiger partial charge in [-0.25, -0.2) is 4.39 Å². The van der Waals surface area contributed by atoms with Crippen molar-refractivity contribution in [2.45, 2.75) is 0 Å². The van der Waals surface area contributed by atoms with Crippen molar-refractivity contribution < 1.29 is 9.13 Å². The number of halogens is 1. The first-order chi connectivity index (χ1) is 9.10. The molecule has 0 fully saturated rings. The Morgan fingerprint density at radius 3 is 2.84 bits per heavy atom. The number of hydrogen-bond acceptors (Lipinski definition) is 4. The first kappa shape index (κ1) is 13.2. The summed E-state index contributed by atoms with van der Waals surface area (Å²) < 4.78 is 18.7. The number of anilines is 2. The fourth-order valence-electron chi connectivity index (χ4n) is 1.53. The summed E-state index contributed by atoms with van der Waals surface area (Å²) in [5.41, 5.74) is 6.92. The molecule has 0 bridgehead atoms. The van der Waals surface area contributed by atoms with Crippen LogP contribution in [0.25, 0.3) is 0 Å². The normalized spacial score (nSPS) is 10.0. The Bertz CT molecular complexity index is 619. The molecule has 6 heteroatoms. The number of methoxy groups -OCH3 is 1. The number of nitrogens with one attached hydrogen (secondary N) is 1. The molecule has 2 aromatic rings. The smallest absolute Gasteiger partial charge is 0.146 e. The molecular weight excluding hydrogens is 265 g/mol. The molecule has 0 aliphatic carbocycles. The third kappa shape index (κ3) is 3.17. The van der Waals surface area contributed by atoms with Gasteiger partial charge < -0.3 is 15.8 Å². The van der Waals surface area contributed by atoms with E-state index in [1.165, 1.54) is 13.2 Å². The van der Waals surface area contributed by atoms with Crippen LogP contribution in [0, 0.1) is 5.82 Å². The van der Waals surface area contributed by atoms with E-state index in [0.717, 1.165) is 0 Å². The molecule has 0 radical (unpaired) electrons. The third-order valence-corrected chi connectivity index (χ3v) is 2.67. The van der Waals surface area contributed by atoms with Gasteiger partial charge in [-0.05, 0) is 24.3 Å². The number of benzene rings is 1. The Labute approximate surface area is 115 Å². The van der Waals surface area contributed by atoms with E-state index in [4.69, 9.17) is 22.7 Å². The second-order valence-corrected chi connectivity index (χ2v) is 4.20. The van der Waals surface area contributed by atoms with Gasteiger partial charge in [-0.1, -0.05) is 12.2 Å². The van der Waals surface area contributed by atoms with Gasteiger partial charge in [0.15, 0.2) is 0 Å². The molecule has 1 heterocycles. The second-order valence-electron chi connectivity index (χ2n) is 3.76. The van der Waals surface area contributed by atoms with E-state index >= 15 is 0 Å². The second kappa shape index (κ2) is 5.62. The quantitative estimate of drug-likeness (QED) is 0.841. The lowest BCUT2D eigenvalue weighted by Crippen LogP contribution is -2.11. The zero-order valence-corrected chi connectivity index (χ0v) is 11.0. The molecular formula is C13H12FN3OS. The Balaban J connectivity index is 2.30. The molecule has 0 amide bonds. The maximum absolute atomic E-state index is 13.7. The van der Waals surface area contributed by atoms with E-state index in [2.05, 4.69) is 10.3 Å². The van der Waals surface area contributed by atoms with E-state index in [0.29, 0.717) is 22.8 Å². The highest BCUT2D eigenvalue weighted by atomic mass is 32.1. The fourth-order valence-corrected chi connectivity index (χ4v) is 1.64. The molecule has 2 rings (SSSR count). The van der Waals surface area contributed by atoms with Gasteiger partial charge in [0.05, 0.1) is 18.5 Å². The van der Waals surface area contributed by atoms with Crippen molar-refractivity contribution in [1.29, 1.82) is 0 Å². The maximum atomic E-state index is 13.7. The summed E-state index contributed by atoms with van der Waals surface area (Å²) in [5, 5.41) is 2.93. The summed E-state index contributed by atoms with van der Waals surface area (Å²) in [6, 6.07) is 7.79. The number of rotatable bonds is 4. The SMILES string of the molecule is COc1ccc(F)c(Nc2ccnc(C(N)=S)c2)c1. The Hall–Kier alpha value is -2.21. The summed E-state index contributed by atoms with van der Waals surface area (Å²) in [4.78, 5) is 4.20.